The maximum Gasteiger partial charge on any atom is 0.229 e. The molecule has 4 aromatic rings. The number of pyridine rings is 1. The van der Waals surface area contributed by atoms with Gasteiger partial charge >= 0.3 is 0 Å². The van der Waals surface area contributed by atoms with Crippen molar-refractivity contribution in [3.8, 4) is 11.3 Å². The molecule has 7 nitrogen and oxygen atoms in total. The van der Waals surface area contributed by atoms with Crippen molar-refractivity contribution in [1.82, 2.24) is 25.1 Å². The molecule has 146 valence electrons. The Morgan fingerprint density at radius 3 is 2.66 bits per heavy atom. The maximum atomic E-state index is 14.7. The van der Waals surface area contributed by atoms with E-state index in [0.29, 0.717) is 22.4 Å². The summed E-state index contributed by atoms with van der Waals surface area (Å²) in [7, 11) is 0. The summed E-state index contributed by atoms with van der Waals surface area (Å²) in [5, 5.41) is 13.1. The number of anilines is 4. The first-order valence-corrected chi connectivity index (χ1v) is 9.17. The minimum atomic E-state index is -0.438. The Kier molecular flexibility index (Phi) is 5.09. The van der Waals surface area contributed by atoms with Crippen LogP contribution >= 0.6 is 11.6 Å². The van der Waals surface area contributed by atoms with Crippen molar-refractivity contribution in [1.29, 1.82) is 0 Å². The number of nitrogens with one attached hydrogen (secondary N) is 3. The van der Waals surface area contributed by atoms with Gasteiger partial charge in [0.1, 0.15) is 10.8 Å². The van der Waals surface area contributed by atoms with Gasteiger partial charge in [0.05, 0.1) is 17.6 Å². The van der Waals surface area contributed by atoms with E-state index in [1.165, 1.54) is 12.3 Å². The third-order valence-electron chi connectivity index (χ3n) is 4.20. The third-order valence-corrected chi connectivity index (χ3v) is 4.47. The first-order valence-electron chi connectivity index (χ1n) is 8.80. The fourth-order valence-corrected chi connectivity index (χ4v) is 2.95. The van der Waals surface area contributed by atoms with Crippen LogP contribution in [0.4, 0.5) is 27.7 Å². The van der Waals surface area contributed by atoms with Crippen LogP contribution in [-0.2, 0) is 0 Å². The van der Waals surface area contributed by atoms with E-state index in [-0.39, 0.29) is 11.6 Å². The predicted octanol–water partition coefficient (Wildman–Crippen LogP) is 5.16. The van der Waals surface area contributed by atoms with Gasteiger partial charge in [-0.3, -0.25) is 10.1 Å². The molecule has 0 atom stereocenters. The third kappa shape index (κ3) is 4.17. The zero-order valence-corrected chi connectivity index (χ0v) is 16.4. The highest BCUT2D eigenvalue weighted by Gasteiger charge is 2.13. The quantitative estimate of drug-likeness (QED) is 0.421. The first kappa shape index (κ1) is 18.8. The molecule has 0 aliphatic rings. The molecule has 1 aromatic carbocycles. The lowest BCUT2D eigenvalue weighted by Gasteiger charge is -2.12. The van der Waals surface area contributed by atoms with Gasteiger partial charge in [-0.05, 0) is 43.7 Å². The molecule has 0 radical (unpaired) electrons. The molecule has 0 spiro atoms. The van der Waals surface area contributed by atoms with Crippen LogP contribution in [0.25, 0.3) is 11.3 Å². The summed E-state index contributed by atoms with van der Waals surface area (Å²) < 4.78 is 14.7. The lowest BCUT2D eigenvalue weighted by Crippen LogP contribution is -2.03. The Bertz CT molecular complexity index is 1160. The minimum Gasteiger partial charge on any atom is -0.322 e. The predicted molar refractivity (Wildman–Crippen MR) is 111 cm³/mol. The molecule has 0 aliphatic heterocycles. The molecule has 0 bridgehead atoms. The normalized spacial score (nSPS) is 10.8. The van der Waals surface area contributed by atoms with Gasteiger partial charge in [-0.15, -0.1) is 0 Å². The van der Waals surface area contributed by atoms with Crippen molar-refractivity contribution in [2.45, 2.75) is 13.8 Å². The molecular formula is C20H17ClFN7. The van der Waals surface area contributed by atoms with Crippen molar-refractivity contribution < 1.29 is 4.39 Å². The fourth-order valence-electron chi connectivity index (χ4n) is 2.81. The Balaban J connectivity index is 1.61. The van der Waals surface area contributed by atoms with Crippen LogP contribution in [0.1, 0.15) is 11.3 Å². The largest absolute Gasteiger partial charge is 0.322 e. The molecule has 0 saturated carbocycles. The monoisotopic (exact) mass is 409 g/mol. The molecule has 0 saturated heterocycles. The van der Waals surface area contributed by atoms with Gasteiger partial charge < -0.3 is 10.6 Å². The number of benzene rings is 1. The van der Waals surface area contributed by atoms with Crippen LogP contribution in [0.3, 0.4) is 0 Å². The van der Waals surface area contributed by atoms with E-state index in [1.54, 1.807) is 12.3 Å². The molecule has 29 heavy (non-hydrogen) atoms. The van der Waals surface area contributed by atoms with E-state index in [4.69, 9.17) is 11.6 Å². The number of aromatic nitrogens is 5. The lowest BCUT2D eigenvalue weighted by molar-refractivity contribution is 0.631. The van der Waals surface area contributed by atoms with Crippen molar-refractivity contribution in [3.63, 3.8) is 0 Å². The second-order valence-corrected chi connectivity index (χ2v) is 6.85. The molecule has 0 unspecified atom stereocenters. The zero-order chi connectivity index (χ0) is 20.4. The summed E-state index contributed by atoms with van der Waals surface area (Å²) in [6.07, 6.45) is 3.11. The Morgan fingerprint density at radius 2 is 1.93 bits per heavy atom. The number of aromatic amines is 1. The summed E-state index contributed by atoms with van der Waals surface area (Å²) >= 11 is 6.17. The molecule has 9 heteroatoms. The Labute approximate surface area is 171 Å². The van der Waals surface area contributed by atoms with E-state index >= 15 is 0 Å². The number of halogens is 2. The molecule has 0 amide bonds. The number of aryl methyl sites for hydroxylation is 2. The van der Waals surface area contributed by atoms with Gasteiger partial charge in [0.25, 0.3) is 0 Å². The minimum absolute atomic E-state index is 0.202. The number of H-pyrrole nitrogens is 1. The van der Waals surface area contributed by atoms with Crippen molar-refractivity contribution >= 4 is 34.9 Å². The van der Waals surface area contributed by atoms with Crippen LogP contribution in [0, 0.1) is 19.7 Å². The zero-order valence-electron chi connectivity index (χ0n) is 15.7. The van der Waals surface area contributed by atoms with Gasteiger partial charge in [-0.2, -0.15) is 10.1 Å². The van der Waals surface area contributed by atoms with Crippen LogP contribution in [-0.4, -0.2) is 25.1 Å². The van der Waals surface area contributed by atoms with Gasteiger partial charge in [0, 0.05) is 23.5 Å². The van der Waals surface area contributed by atoms with Crippen LogP contribution in [0.2, 0.25) is 5.02 Å². The molecule has 3 aromatic heterocycles. The average Bonchev–Trinajstić information content (AvgIpc) is 3.12. The summed E-state index contributed by atoms with van der Waals surface area (Å²) in [6, 6.07) is 10.5. The maximum absolute atomic E-state index is 14.7. The molecule has 0 aliphatic carbocycles. The topological polar surface area (TPSA) is 91.4 Å². The SMILES string of the molecule is Cc1cc(Nc2nc(Nc3cc(C)c(-c4ccccn4)cc3F)ncc2Cl)n[nH]1. The van der Waals surface area contributed by atoms with E-state index in [1.807, 2.05) is 38.1 Å². The second kappa shape index (κ2) is 7.84. The average molecular weight is 410 g/mol. The molecular weight excluding hydrogens is 393 g/mol. The summed E-state index contributed by atoms with van der Waals surface area (Å²) in [5.41, 5.74) is 3.44. The highest BCUT2D eigenvalue weighted by molar-refractivity contribution is 6.32. The summed E-state index contributed by atoms with van der Waals surface area (Å²) in [6.45, 7) is 3.77. The summed E-state index contributed by atoms with van der Waals surface area (Å²) in [5.74, 6) is 0.689. The van der Waals surface area contributed by atoms with Crippen LogP contribution in [0.5, 0.6) is 0 Å². The second-order valence-electron chi connectivity index (χ2n) is 6.44. The molecule has 0 fully saturated rings. The Hall–Kier alpha value is -3.52. The number of hydrogen-bond donors (Lipinski definition) is 3. The molecule has 4 rings (SSSR count). The fraction of sp³-hybridized carbons (Fsp3) is 0.100. The molecule has 3 heterocycles. The van der Waals surface area contributed by atoms with E-state index < -0.39 is 5.82 Å². The number of nitrogens with zero attached hydrogens (tertiary/aromatic N) is 4. The first-order chi connectivity index (χ1) is 14.0. The number of hydrogen-bond acceptors (Lipinski definition) is 6. The van der Waals surface area contributed by atoms with Crippen molar-refractivity contribution in [2.75, 3.05) is 10.6 Å². The van der Waals surface area contributed by atoms with E-state index in [9.17, 15) is 4.39 Å². The van der Waals surface area contributed by atoms with Gasteiger partial charge in [0.2, 0.25) is 5.95 Å². The van der Waals surface area contributed by atoms with Gasteiger partial charge in [-0.25, -0.2) is 9.37 Å². The van der Waals surface area contributed by atoms with Crippen LogP contribution < -0.4 is 10.6 Å². The number of rotatable bonds is 5. The van der Waals surface area contributed by atoms with Crippen LogP contribution in [0.15, 0.2) is 48.8 Å². The standard InChI is InChI=1S/C20H17ClFN7/c1-11-7-17(15(22)9-13(11)16-5-3-4-6-23-16)25-20-24-10-14(21)19(27-20)26-18-8-12(2)28-29-18/h3-10H,1-2H3,(H3,24,25,26,27,28,29). The van der Waals surface area contributed by atoms with Gasteiger partial charge in [-0.1, -0.05) is 17.7 Å². The lowest BCUT2D eigenvalue weighted by atomic mass is 10.0. The van der Waals surface area contributed by atoms with E-state index in [0.717, 1.165) is 16.8 Å². The smallest absolute Gasteiger partial charge is 0.229 e. The molecule has 3 N–H and O–H groups in total. The van der Waals surface area contributed by atoms with Crippen molar-refractivity contribution in [2.24, 2.45) is 0 Å². The van der Waals surface area contributed by atoms with E-state index in [2.05, 4.69) is 35.8 Å². The van der Waals surface area contributed by atoms with Crippen molar-refractivity contribution in [3.05, 3.63) is 70.9 Å². The summed E-state index contributed by atoms with van der Waals surface area (Å²) in [4.78, 5) is 12.7. The highest BCUT2D eigenvalue weighted by atomic mass is 35.5. The van der Waals surface area contributed by atoms with Gasteiger partial charge in [0.15, 0.2) is 11.6 Å². The highest BCUT2D eigenvalue weighted by Crippen LogP contribution is 2.29. The Morgan fingerprint density at radius 1 is 1.07 bits per heavy atom.